The van der Waals surface area contributed by atoms with Crippen molar-refractivity contribution in [3.63, 3.8) is 0 Å². The first-order valence-electron chi connectivity index (χ1n) is 6.18. The van der Waals surface area contributed by atoms with Crippen LogP contribution >= 0.6 is 0 Å². The first-order chi connectivity index (χ1) is 8.57. The summed E-state index contributed by atoms with van der Waals surface area (Å²) in [6.07, 6.45) is 4.85. The Morgan fingerprint density at radius 2 is 1.63 bits per heavy atom. The van der Waals surface area contributed by atoms with Crippen LogP contribution in [0.5, 0.6) is 11.5 Å². The molecule has 1 rings (SSSR count). The van der Waals surface area contributed by atoms with Crippen molar-refractivity contribution in [3.8, 4) is 11.5 Å². The molecule has 0 aliphatic heterocycles. The summed E-state index contributed by atoms with van der Waals surface area (Å²) in [7, 11) is 0. The molecule has 0 heterocycles. The monoisotopic (exact) mass is 262 g/mol. The summed E-state index contributed by atoms with van der Waals surface area (Å²) < 4.78 is 0. The van der Waals surface area contributed by atoms with Gasteiger partial charge in [-0.3, -0.25) is 0 Å². The summed E-state index contributed by atoms with van der Waals surface area (Å²) in [6, 6.07) is 3.01. The average molecular weight is 262 g/mol. The minimum absolute atomic E-state index is 0.0585. The topological polar surface area (TPSA) is 60.7 Å². The van der Waals surface area contributed by atoms with E-state index in [0.717, 1.165) is 0 Å². The number of benzene rings is 1. The van der Waals surface area contributed by atoms with Gasteiger partial charge in [-0.05, 0) is 26.0 Å². The summed E-state index contributed by atoms with van der Waals surface area (Å²) in [5.41, 5.74) is -0.329. The molecule has 0 fully saturated rings. The lowest BCUT2D eigenvalue weighted by molar-refractivity contribution is 0.134. The fraction of sp³-hybridized carbons (Fsp3) is 0.375. The number of phenolic OH excluding ortho intramolecular Hbond substituents is 2. The van der Waals surface area contributed by atoms with Gasteiger partial charge in [0.25, 0.3) is 0 Å². The zero-order valence-corrected chi connectivity index (χ0v) is 11.9. The van der Waals surface area contributed by atoms with Crippen molar-refractivity contribution in [2.45, 2.75) is 38.7 Å². The zero-order chi connectivity index (χ0) is 14.8. The molecule has 0 unspecified atom stereocenters. The standard InChI is InChI=1S/C16H22O3/c1-6-15(2,3)12-10-13(17)11(9-14(12)18)7-8-16(4,5)19/h6-10,17-19H,1H2,2-5H3/b8-7-. The minimum Gasteiger partial charge on any atom is -0.508 e. The van der Waals surface area contributed by atoms with Crippen molar-refractivity contribution in [2.24, 2.45) is 0 Å². The molecule has 104 valence electrons. The fourth-order valence-electron chi connectivity index (χ4n) is 1.65. The maximum absolute atomic E-state index is 10.1. The second kappa shape index (κ2) is 5.10. The highest BCUT2D eigenvalue weighted by molar-refractivity contribution is 5.62. The lowest BCUT2D eigenvalue weighted by Crippen LogP contribution is -2.14. The van der Waals surface area contributed by atoms with Crippen LogP contribution in [0.15, 0.2) is 30.9 Å². The van der Waals surface area contributed by atoms with E-state index in [-0.39, 0.29) is 11.5 Å². The van der Waals surface area contributed by atoms with Crippen molar-refractivity contribution < 1.29 is 15.3 Å². The molecule has 0 aromatic heterocycles. The van der Waals surface area contributed by atoms with E-state index in [4.69, 9.17) is 0 Å². The molecule has 3 nitrogen and oxygen atoms in total. The first kappa shape index (κ1) is 15.3. The van der Waals surface area contributed by atoms with Crippen LogP contribution in [0.25, 0.3) is 6.08 Å². The Labute approximate surface area is 114 Å². The summed E-state index contributed by atoms with van der Waals surface area (Å²) >= 11 is 0. The number of aromatic hydroxyl groups is 2. The predicted octanol–water partition coefficient (Wildman–Crippen LogP) is 3.35. The lowest BCUT2D eigenvalue weighted by Gasteiger charge is -2.22. The number of allylic oxidation sites excluding steroid dienone is 1. The molecule has 19 heavy (non-hydrogen) atoms. The highest BCUT2D eigenvalue weighted by Crippen LogP contribution is 2.37. The summed E-state index contributed by atoms with van der Waals surface area (Å²) in [6.45, 7) is 10.8. The Bertz CT molecular complexity index is 505. The molecule has 0 aliphatic carbocycles. The quantitative estimate of drug-likeness (QED) is 0.576. The van der Waals surface area contributed by atoms with Gasteiger partial charge in [0.1, 0.15) is 11.5 Å². The third kappa shape index (κ3) is 3.86. The molecule has 1 aromatic carbocycles. The van der Waals surface area contributed by atoms with Gasteiger partial charge in [0, 0.05) is 16.5 Å². The Kier molecular flexibility index (Phi) is 4.11. The maximum Gasteiger partial charge on any atom is 0.123 e. The van der Waals surface area contributed by atoms with Gasteiger partial charge in [0.05, 0.1) is 5.60 Å². The van der Waals surface area contributed by atoms with Gasteiger partial charge in [0.2, 0.25) is 0 Å². The van der Waals surface area contributed by atoms with Gasteiger partial charge < -0.3 is 15.3 Å². The summed E-state index contributed by atoms with van der Waals surface area (Å²) in [5.74, 6) is 0.154. The number of aliphatic hydroxyl groups is 1. The van der Waals surface area contributed by atoms with E-state index < -0.39 is 11.0 Å². The number of phenols is 2. The van der Waals surface area contributed by atoms with E-state index in [1.165, 1.54) is 12.1 Å². The molecular weight excluding hydrogens is 240 g/mol. The van der Waals surface area contributed by atoms with Crippen LogP contribution in [-0.2, 0) is 5.41 Å². The van der Waals surface area contributed by atoms with E-state index in [2.05, 4.69) is 6.58 Å². The third-order valence-electron chi connectivity index (χ3n) is 3.02. The van der Waals surface area contributed by atoms with Gasteiger partial charge in [0.15, 0.2) is 0 Å². The Morgan fingerprint density at radius 3 is 2.11 bits per heavy atom. The molecule has 0 radical (unpaired) electrons. The van der Waals surface area contributed by atoms with Crippen LogP contribution in [-0.4, -0.2) is 20.9 Å². The molecule has 0 aliphatic rings. The van der Waals surface area contributed by atoms with Crippen molar-refractivity contribution in [1.82, 2.24) is 0 Å². The molecule has 0 saturated heterocycles. The molecule has 0 atom stereocenters. The number of hydrogen-bond donors (Lipinski definition) is 3. The van der Waals surface area contributed by atoms with E-state index in [1.54, 1.807) is 32.1 Å². The van der Waals surface area contributed by atoms with E-state index >= 15 is 0 Å². The molecule has 0 saturated carbocycles. The fourth-order valence-corrected chi connectivity index (χ4v) is 1.65. The van der Waals surface area contributed by atoms with E-state index in [1.807, 2.05) is 13.8 Å². The smallest absolute Gasteiger partial charge is 0.123 e. The lowest BCUT2D eigenvalue weighted by atomic mass is 9.83. The number of rotatable bonds is 4. The molecule has 3 heteroatoms. The zero-order valence-electron chi connectivity index (χ0n) is 11.9. The van der Waals surface area contributed by atoms with Crippen molar-refractivity contribution >= 4 is 6.08 Å². The summed E-state index contributed by atoms with van der Waals surface area (Å²) in [5, 5.41) is 29.7. The van der Waals surface area contributed by atoms with Crippen LogP contribution in [0.1, 0.15) is 38.8 Å². The molecule has 0 amide bonds. The average Bonchev–Trinajstić information content (AvgIpc) is 2.28. The van der Waals surface area contributed by atoms with Crippen LogP contribution in [0.2, 0.25) is 0 Å². The largest absolute Gasteiger partial charge is 0.508 e. The number of hydrogen-bond acceptors (Lipinski definition) is 3. The molecule has 3 N–H and O–H groups in total. The second-order valence-corrected chi connectivity index (χ2v) is 5.84. The van der Waals surface area contributed by atoms with Crippen molar-refractivity contribution in [3.05, 3.63) is 42.0 Å². The predicted molar refractivity (Wildman–Crippen MR) is 78.3 cm³/mol. The van der Waals surface area contributed by atoms with E-state index in [0.29, 0.717) is 11.1 Å². The van der Waals surface area contributed by atoms with Crippen LogP contribution in [0.4, 0.5) is 0 Å². The minimum atomic E-state index is -0.971. The van der Waals surface area contributed by atoms with Crippen LogP contribution in [0.3, 0.4) is 0 Å². The van der Waals surface area contributed by atoms with Gasteiger partial charge in [-0.1, -0.05) is 32.1 Å². The molecule has 0 spiro atoms. The summed E-state index contributed by atoms with van der Waals surface area (Å²) in [4.78, 5) is 0. The van der Waals surface area contributed by atoms with Crippen molar-refractivity contribution in [2.75, 3.05) is 0 Å². The Hall–Kier alpha value is -1.74. The molecule has 1 aromatic rings. The van der Waals surface area contributed by atoms with E-state index in [9.17, 15) is 15.3 Å². The van der Waals surface area contributed by atoms with Gasteiger partial charge in [-0.25, -0.2) is 0 Å². The third-order valence-corrected chi connectivity index (χ3v) is 3.02. The van der Waals surface area contributed by atoms with Gasteiger partial charge in [-0.2, -0.15) is 0 Å². The van der Waals surface area contributed by atoms with Gasteiger partial charge >= 0.3 is 0 Å². The highest BCUT2D eigenvalue weighted by atomic mass is 16.3. The normalized spacial score (nSPS) is 12.9. The SMILES string of the molecule is C=CC(C)(C)c1cc(O)c(/C=C\C(C)(C)O)cc1O. The second-order valence-electron chi connectivity index (χ2n) is 5.84. The van der Waals surface area contributed by atoms with Gasteiger partial charge in [-0.15, -0.1) is 6.58 Å². The Morgan fingerprint density at radius 1 is 1.05 bits per heavy atom. The first-order valence-corrected chi connectivity index (χ1v) is 6.18. The maximum atomic E-state index is 10.1. The highest BCUT2D eigenvalue weighted by Gasteiger charge is 2.21. The van der Waals surface area contributed by atoms with Crippen LogP contribution < -0.4 is 0 Å². The molecule has 0 bridgehead atoms. The van der Waals surface area contributed by atoms with Crippen molar-refractivity contribution in [1.29, 1.82) is 0 Å². The molecular formula is C16H22O3. The van der Waals surface area contributed by atoms with Crippen LogP contribution in [0, 0.1) is 0 Å². The Balaban J connectivity index is 3.25.